The quantitative estimate of drug-likeness (QED) is 0.916. The van der Waals surface area contributed by atoms with Gasteiger partial charge in [-0.1, -0.05) is 23.8 Å². The molecule has 1 atom stereocenters. The first-order valence-electron chi connectivity index (χ1n) is 9.13. The number of nitrogens with one attached hydrogen (secondary N) is 1. The van der Waals surface area contributed by atoms with Crippen molar-refractivity contribution in [3.63, 3.8) is 0 Å². The molecule has 0 spiro atoms. The number of hydrogen-bond acceptors (Lipinski definition) is 2. The molecule has 0 aliphatic carbocycles. The Balaban J connectivity index is 1.67. The van der Waals surface area contributed by atoms with E-state index >= 15 is 0 Å². The summed E-state index contributed by atoms with van der Waals surface area (Å²) in [6.07, 6.45) is 1.61. The van der Waals surface area contributed by atoms with Crippen molar-refractivity contribution in [1.29, 1.82) is 0 Å². The second kappa shape index (κ2) is 7.32. The van der Waals surface area contributed by atoms with E-state index in [1.54, 1.807) is 17.9 Å². The summed E-state index contributed by atoms with van der Waals surface area (Å²) >= 11 is 0. The average Bonchev–Trinajstić information content (AvgIpc) is 3.00. The maximum absolute atomic E-state index is 12.6. The molecule has 0 saturated carbocycles. The Hall–Kier alpha value is -2.62. The van der Waals surface area contributed by atoms with Gasteiger partial charge in [0.1, 0.15) is 0 Å². The van der Waals surface area contributed by atoms with Gasteiger partial charge >= 0.3 is 0 Å². The molecule has 1 aliphatic rings. The molecule has 26 heavy (non-hydrogen) atoms. The fraction of sp³-hybridized carbons (Fsp3) is 0.364. The van der Waals surface area contributed by atoms with Crippen LogP contribution < -0.4 is 10.2 Å². The lowest BCUT2D eigenvalue weighted by atomic mass is 9.99. The Morgan fingerprint density at radius 3 is 2.62 bits per heavy atom. The Morgan fingerprint density at radius 1 is 1.15 bits per heavy atom. The molecule has 2 amide bonds. The Labute approximate surface area is 155 Å². The number of carbonyl (C=O) groups excluding carboxylic acids is 2. The molecule has 0 saturated heterocycles. The van der Waals surface area contributed by atoms with E-state index in [-0.39, 0.29) is 17.9 Å². The van der Waals surface area contributed by atoms with Crippen molar-refractivity contribution >= 4 is 17.5 Å². The lowest BCUT2D eigenvalue weighted by Crippen LogP contribution is -2.34. The van der Waals surface area contributed by atoms with Crippen LogP contribution in [0.25, 0.3) is 0 Å². The lowest BCUT2D eigenvalue weighted by molar-refractivity contribution is -0.116. The highest BCUT2D eigenvalue weighted by molar-refractivity contribution is 5.98. The van der Waals surface area contributed by atoms with Crippen LogP contribution in [0, 0.1) is 13.8 Å². The van der Waals surface area contributed by atoms with E-state index in [1.165, 1.54) is 16.7 Å². The van der Waals surface area contributed by atoms with Gasteiger partial charge in [0, 0.05) is 30.8 Å². The number of nitrogens with zero attached hydrogens (tertiary/aromatic N) is 1. The predicted molar refractivity (Wildman–Crippen MR) is 105 cm³/mol. The molecule has 4 heteroatoms. The van der Waals surface area contributed by atoms with Gasteiger partial charge < -0.3 is 10.2 Å². The summed E-state index contributed by atoms with van der Waals surface area (Å²) in [5.74, 6) is -0.0191. The molecule has 4 nitrogen and oxygen atoms in total. The van der Waals surface area contributed by atoms with E-state index in [2.05, 4.69) is 37.4 Å². The largest absolute Gasteiger partial charge is 0.349 e. The Kier molecular flexibility index (Phi) is 5.12. The molecular formula is C22H26N2O2. The van der Waals surface area contributed by atoms with Gasteiger partial charge in [0.25, 0.3) is 5.91 Å². The van der Waals surface area contributed by atoms with Gasteiger partial charge in [-0.2, -0.15) is 0 Å². The summed E-state index contributed by atoms with van der Waals surface area (Å²) in [5, 5.41) is 3.09. The number of amides is 2. The van der Waals surface area contributed by atoms with Crippen molar-refractivity contribution < 1.29 is 9.59 Å². The number of fused-ring (bicyclic) bond motifs is 1. The summed E-state index contributed by atoms with van der Waals surface area (Å²) in [5.41, 5.74) is 6.41. The highest BCUT2D eigenvalue weighted by Gasteiger charge is 2.23. The zero-order valence-corrected chi connectivity index (χ0v) is 15.9. The smallest absolute Gasteiger partial charge is 0.251 e. The summed E-state index contributed by atoms with van der Waals surface area (Å²) in [6.45, 7) is 8.49. The Morgan fingerprint density at radius 2 is 1.92 bits per heavy atom. The number of rotatable bonds is 4. The maximum atomic E-state index is 12.6. The molecule has 1 heterocycles. The van der Waals surface area contributed by atoms with Crippen LogP contribution in [0.15, 0.2) is 36.4 Å². The first-order chi connectivity index (χ1) is 12.3. The third-order valence-corrected chi connectivity index (χ3v) is 5.02. The molecule has 1 N–H and O–H groups in total. The SMILES string of the molecule is CC(=O)N1CCc2cc(C(=O)NC(C)Cc3ccc(C)cc3C)ccc21. The van der Waals surface area contributed by atoms with Crippen LogP contribution in [-0.4, -0.2) is 24.4 Å². The summed E-state index contributed by atoms with van der Waals surface area (Å²) in [6, 6.07) is 12.1. The molecule has 1 unspecified atom stereocenters. The summed E-state index contributed by atoms with van der Waals surface area (Å²) in [7, 11) is 0. The van der Waals surface area contributed by atoms with Crippen LogP contribution in [-0.2, 0) is 17.6 Å². The second-order valence-corrected chi connectivity index (χ2v) is 7.27. The normalized spacial score (nSPS) is 14.1. The van der Waals surface area contributed by atoms with Crippen molar-refractivity contribution in [3.05, 3.63) is 64.2 Å². The highest BCUT2D eigenvalue weighted by Crippen LogP contribution is 2.29. The fourth-order valence-electron chi connectivity index (χ4n) is 3.63. The van der Waals surface area contributed by atoms with E-state index < -0.39 is 0 Å². The summed E-state index contributed by atoms with van der Waals surface area (Å²) < 4.78 is 0. The zero-order valence-electron chi connectivity index (χ0n) is 15.9. The molecule has 0 aromatic heterocycles. The zero-order chi connectivity index (χ0) is 18.8. The lowest BCUT2D eigenvalue weighted by Gasteiger charge is -2.17. The average molecular weight is 350 g/mol. The van der Waals surface area contributed by atoms with Crippen LogP contribution in [0.2, 0.25) is 0 Å². The molecule has 2 aromatic rings. The minimum Gasteiger partial charge on any atom is -0.349 e. The summed E-state index contributed by atoms with van der Waals surface area (Å²) in [4.78, 5) is 26.0. The maximum Gasteiger partial charge on any atom is 0.251 e. The molecule has 2 aromatic carbocycles. The van der Waals surface area contributed by atoms with Crippen molar-refractivity contribution in [3.8, 4) is 0 Å². The monoisotopic (exact) mass is 350 g/mol. The number of aryl methyl sites for hydroxylation is 2. The number of carbonyl (C=O) groups is 2. The van der Waals surface area contributed by atoms with E-state index in [1.807, 2.05) is 19.1 Å². The minimum absolute atomic E-state index is 0.0445. The van der Waals surface area contributed by atoms with E-state index in [9.17, 15) is 9.59 Å². The van der Waals surface area contributed by atoms with Gasteiger partial charge in [0.2, 0.25) is 5.91 Å². The van der Waals surface area contributed by atoms with Crippen LogP contribution >= 0.6 is 0 Å². The van der Waals surface area contributed by atoms with Crippen LogP contribution in [0.1, 0.15) is 46.5 Å². The van der Waals surface area contributed by atoms with Crippen LogP contribution in [0.5, 0.6) is 0 Å². The third kappa shape index (κ3) is 3.79. The van der Waals surface area contributed by atoms with Gasteiger partial charge in [-0.25, -0.2) is 0 Å². The first kappa shape index (κ1) is 18.2. The molecule has 3 rings (SSSR count). The van der Waals surface area contributed by atoms with Gasteiger partial charge in [-0.05, 0) is 68.5 Å². The second-order valence-electron chi connectivity index (χ2n) is 7.27. The van der Waals surface area contributed by atoms with Crippen LogP contribution in [0.3, 0.4) is 0 Å². The third-order valence-electron chi connectivity index (χ3n) is 5.02. The number of hydrogen-bond donors (Lipinski definition) is 1. The van der Waals surface area contributed by atoms with Gasteiger partial charge in [-0.3, -0.25) is 9.59 Å². The van der Waals surface area contributed by atoms with Gasteiger partial charge in [0.05, 0.1) is 0 Å². The topological polar surface area (TPSA) is 49.4 Å². The molecular weight excluding hydrogens is 324 g/mol. The molecule has 0 fully saturated rings. The van der Waals surface area contributed by atoms with E-state index in [0.29, 0.717) is 12.1 Å². The molecule has 0 bridgehead atoms. The Bertz CT molecular complexity index is 857. The molecule has 136 valence electrons. The highest BCUT2D eigenvalue weighted by atomic mass is 16.2. The molecule has 0 radical (unpaired) electrons. The fourth-order valence-corrected chi connectivity index (χ4v) is 3.63. The first-order valence-corrected chi connectivity index (χ1v) is 9.13. The van der Waals surface area contributed by atoms with Crippen molar-refractivity contribution in [2.24, 2.45) is 0 Å². The van der Waals surface area contributed by atoms with E-state index in [4.69, 9.17) is 0 Å². The van der Waals surface area contributed by atoms with Crippen molar-refractivity contribution in [2.75, 3.05) is 11.4 Å². The van der Waals surface area contributed by atoms with Gasteiger partial charge in [-0.15, -0.1) is 0 Å². The number of anilines is 1. The predicted octanol–water partition coefficient (Wildman–Crippen LogP) is 3.57. The van der Waals surface area contributed by atoms with Crippen molar-refractivity contribution in [2.45, 2.75) is 46.6 Å². The number of benzene rings is 2. The standard InChI is InChI=1S/C22H26N2O2/c1-14-5-6-18(15(2)11-14)12-16(3)23-22(26)20-7-8-21-19(13-20)9-10-24(21)17(4)25/h5-8,11,13,16H,9-10,12H2,1-4H3,(H,23,26). The minimum atomic E-state index is -0.0636. The van der Waals surface area contributed by atoms with Crippen LogP contribution in [0.4, 0.5) is 5.69 Å². The molecule has 1 aliphatic heterocycles. The van der Waals surface area contributed by atoms with E-state index in [0.717, 1.165) is 24.1 Å². The van der Waals surface area contributed by atoms with Gasteiger partial charge in [0.15, 0.2) is 0 Å². The van der Waals surface area contributed by atoms with Crippen molar-refractivity contribution in [1.82, 2.24) is 5.32 Å².